The van der Waals surface area contributed by atoms with E-state index in [9.17, 15) is 4.79 Å². The summed E-state index contributed by atoms with van der Waals surface area (Å²) in [6.45, 7) is 1.57. The van der Waals surface area contributed by atoms with Gasteiger partial charge in [-0.2, -0.15) is 0 Å². The van der Waals surface area contributed by atoms with Gasteiger partial charge in [-0.1, -0.05) is 18.2 Å². The number of ketones is 1. The van der Waals surface area contributed by atoms with Crippen LogP contribution in [0.5, 0.6) is 0 Å². The van der Waals surface area contributed by atoms with Crippen LogP contribution in [-0.4, -0.2) is 30.5 Å². The number of pyridine rings is 1. The molecule has 2 aromatic rings. The van der Waals surface area contributed by atoms with E-state index in [1.165, 1.54) is 0 Å². The van der Waals surface area contributed by atoms with Gasteiger partial charge >= 0.3 is 0 Å². The quantitative estimate of drug-likeness (QED) is 0.868. The van der Waals surface area contributed by atoms with Crippen LogP contribution in [0.3, 0.4) is 0 Å². The number of carbonyl (C=O) groups excluding carboxylic acids is 1. The molecule has 2 heterocycles. The van der Waals surface area contributed by atoms with Crippen LogP contribution < -0.4 is 5.73 Å². The van der Waals surface area contributed by atoms with E-state index < -0.39 is 5.41 Å². The van der Waals surface area contributed by atoms with Crippen molar-refractivity contribution in [1.82, 2.24) is 4.98 Å². The van der Waals surface area contributed by atoms with Crippen molar-refractivity contribution >= 4 is 16.6 Å². The van der Waals surface area contributed by atoms with E-state index in [-0.39, 0.29) is 5.78 Å². The number of aromatic nitrogens is 1. The zero-order valence-electron chi connectivity index (χ0n) is 11.3. The summed E-state index contributed by atoms with van der Waals surface area (Å²) in [6.07, 6.45) is 4.88. The molecule has 0 aliphatic carbocycles. The Balaban J connectivity index is 2.08. The number of nitrogens with zero attached hydrogens (tertiary/aromatic N) is 1. The maximum atomic E-state index is 13.0. The molecule has 1 saturated heterocycles. The fraction of sp³-hybridized carbons (Fsp3) is 0.375. The van der Waals surface area contributed by atoms with Crippen molar-refractivity contribution in [3.05, 3.63) is 42.2 Å². The minimum atomic E-state index is -0.484. The molecule has 1 fully saturated rings. The number of benzene rings is 1. The summed E-state index contributed by atoms with van der Waals surface area (Å²) in [5.74, 6) is 0.127. The molecule has 3 rings (SSSR count). The van der Waals surface area contributed by atoms with E-state index >= 15 is 0 Å². The predicted molar refractivity (Wildman–Crippen MR) is 77.6 cm³/mol. The summed E-state index contributed by atoms with van der Waals surface area (Å²) in [7, 11) is 0. The molecule has 2 N–H and O–H groups in total. The Morgan fingerprint density at radius 3 is 2.85 bits per heavy atom. The first-order valence-corrected chi connectivity index (χ1v) is 6.92. The third-order valence-electron chi connectivity index (χ3n) is 4.25. The fourth-order valence-electron chi connectivity index (χ4n) is 2.88. The largest absolute Gasteiger partial charge is 0.381 e. The maximum Gasteiger partial charge on any atom is 0.171 e. The lowest BCUT2D eigenvalue weighted by molar-refractivity contribution is 0.0201. The molecule has 0 unspecified atom stereocenters. The first-order valence-electron chi connectivity index (χ1n) is 6.92. The molecule has 1 aliphatic rings. The molecule has 4 nitrogen and oxygen atoms in total. The number of ether oxygens (including phenoxy) is 1. The lowest BCUT2D eigenvalue weighted by atomic mass is 9.73. The first kappa shape index (κ1) is 13.2. The zero-order valence-corrected chi connectivity index (χ0v) is 11.3. The minimum absolute atomic E-state index is 0.127. The molecule has 0 radical (unpaired) electrons. The lowest BCUT2D eigenvalue weighted by Crippen LogP contribution is -2.43. The number of hydrogen-bond donors (Lipinski definition) is 1. The van der Waals surface area contributed by atoms with E-state index in [1.54, 1.807) is 12.4 Å². The van der Waals surface area contributed by atoms with Crippen LogP contribution in [0, 0.1) is 5.41 Å². The average Bonchev–Trinajstić information content (AvgIpc) is 2.54. The molecule has 1 aromatic carbocycles. The van der Waals surface area contributed by atoms with Crippen molar-refractivity contribution in [3.63, 3.8) is 0 Å². The molecule has 0 spiro atoms. The van der Waals surface area contributed by atoms with Gasteiger partial charge in [0, 0.05) is 43.1 Å². The highest BCUT2D eigenvalue weighted by molar-refractivity contribution is 6.10. The van der Waals surface area contributed by atoms with Crippen LogP contribution >= 0.6 is 0 Å². The summed E-state index contributed by atoms with van der Waals surface area (Å²) < 4.78 is 5.38. The van der Waals surface area contributed by atoms with Crippen LogP contribution in [0.15, 0.2) is 36.7 Å². The zero-order chi connectivity index (χ0) is 14.0. The molecular formula is C16H18N2O2. The van der Waals surface area contributed by atoms with Gasteiger partial charge in [-0.3, -0.25) is 9.78 Å². The number of rotatable bonds is 3. The first-order chi connectivity index (χ1) is 9.77. The summed E-state index contributed by atoms with van der Waals surface area (Å²) >= 11 is 0. The third kappa shape index (κ3) is 2.11. The molecular weight excluding hydrogens is 252 g/mol. The Hall–Kier alpha value is -1.78. The summed E-state index contributed by atoms with van der Waals surface area (Å²) in [5.41, 5.74) is 6.17. The van der Waals surface area contributed by atoms with Gasteiger partial charge in [0.1, 0.15) is 0 Å². The van der Waals surface area contributed by atoms with Gasteiger partial charge in [-0.15, -0.1) is 0 Å². The van der Waals surface area contributed by atoms with E-state index in [0.717, 1.165) is 16.3 Å². The second-order valence-electron chi connectivity index (χ2n) is 5.33. The number of hydrogen-bond acceptors (Lipinski definition) is 4. The highest BCUT2D eigenvalue weighted by Gasteiger charge is 2.39. The molecule has 0 atom stereocenters. The molecule has 0 saturated carbocycles. The van der Waals surface area contributed by atoms with Gasteiger partial charge < -0.3 is 10.5 Å². The van der Waals surface area contributed by atoms with Crippen molar-refractivity contribution < 1.29 is 9.53 Å². The second-order valence-corrected chi connectivity index (χ2v) is 5.33. The van der Waals surface area contributed by atoms with Crippen molar-refractivity contribution in [2.24, 2.45) is 11.1 Å². The van der Waals surface area contributed by atoms with Crippen LogP contribution in [0.1, 0.15) is 23.2 Å². The molecule has 104 valence electrons. The minimum Gasteiger partial charge on any atom is -0.381 e. The number of nitrogens with two attached hydrogens (primary N) is 1. The normalized spacial score (nSPS) is 18.1. The number of fused-ring (bicyclic) bond motifs is 1. The fourth-order valence-corrected chi connectivity index (χ4v) is 2.88. The summed E-state index contributed by atoms with van der Waals surface area (Å²) in [4.78, 5) is 17.1. The van der Waals surface area contributed by atoms with Crippen LogP contribution in [0.25, 0.3) is 10.8 Å². The Kier molecular flexibility index (Phi) is 3.51. The Bertz CT molecular complexity index is 628. The van der Waals surface area contributed by atoms with Gasteiger partial charge in [0.2, 0.25) is 0 Å². The van der Waals surface area contributed by atoms with Crippen LogP contribution in [-0.2, 0) is 4.74 Å². The predicted octanol–water partition coefficient (Wildman–Crippen LogP) is 2.17. The number of Topliss-reactive ketones (excluding diaryl/α,β-unsaturated/α-hetero) is 1. The topological polar surface area (TPSA) is 65.2 Å². The average molecular weight is 270 g/mol. The second kappa shape index (κ2) is 5.31. The van der Waals surface area contributed by atoms with Gasteiger partial charge in [-0.05, 0) is 24.3 Å². The van der Waals surface area contributed by atoms with Crippen molar-refractivity contribution in [2.75, 3.05) is 19.8 Å². The SMILES string of the molecule is NCC1(C(=O)c2cccc3ccncc23)CCOCC1. The van der Waals surface area contributed by atoms with E-state index in [0.29, 0.717) is 32.6 Å². The Morgan fingerprint density at radius 1 is 1.30 bits per heavy atom. The van der Waals surface area contributed by atoms with Gasteiger partial charge in [0.25, 0.3) is 0 Å². The lowest BCUT2D eigenvalue weighted by Gasteiger charge is -2.34. The van der Waals surface area contributed by atoms with Crippen molar-refractivity contribution in [3.8, 4) is 0 Å². The van der Waals surface area contributed by atoms with Crippen LogP contribution in [0.4, 0.5) is 0 Å². The van der Waals surface area contributed by atoms with Crippen molar-refractivity contribution in [1.29, 1.82) is 0 Å². The van der Waals surface area contributed by atoms with E-state index in [4.69, 9.17) is 10.5 Å². The molecule has 20 heavy (non-hydrogen) atoms. The highest BCUT2D eigenvalue weighted by atomic mass is 16.5. The van der Waals surface area contributed by atoms with E-state index in [2.05, 4.69) is 4.98 Å². The van der Waals surface area contributed by atoms with Gasteiger partial charge in [-0.25, -0.2) is 0 Å². The molecule has 1 aliphatic heterocycles. The Morgan fingerprint density at radius 2 is 2.10 bits per heavy atom. The van der Waals surface area contributed by atoms with E-state index in [1.807, 2.05) is 24.3 Å². The highest BCUT2D eigenvalue weighted by Crippen LogP contribution is 2.35. The van der Waals surface area contributed by atoms with Gasteiger partial charge in [0.05, 0.1) is 5.41 Å². The molecule has 4 heteroatoms. The number of carbonyl (C=O) groups is 1. The standard InChI is InChI=1S/C16H18N2O2/c17-11-16(5-8-20-9-6-16)15(19)13-3-1-2-12-4-7-18-10-14(12)13/h1-4,7,10H,5-6,8-9,11,17H2. The molecule has 0 bridgehead atoms. The maximum absolute atomic E-state index is 13.0. The monoisotopic (exact) mass is 270 g/mol. The summed E-state index contributed by atoms with van der Waals surface area (Å²) in [5, 5.41) is 1.93. The molecule has 1 aromatic heterocycles. The van der Waals surface area contributed by atoms with Gasteiger partial charge in [0.15, 0.2) is 5.78 Å². The third-order valence-corrected chi connectivity index (χ3v) is 4.25. The van der Waals surface area contributed by atoms with Crippen molar-refractivity contribution in [2.45, 2.75) is 12.8 Å². The summed E-state index contributed by atoms with van der Waals surface area (Å²) in [6, 6.07) is 7.70. The van der Waals surface area contributed by atoms with Crippen LogP contribution in [0.2, 0.25) is 0 Å². The smallest absolute Gasteiger partial charge is 0.171 e. The molecule has 0 amide bonds. The Labute approximate surface area is 117 Å².